The minimum Gasteiger partial charge on any atom is -0.464 e. The van der Waals surface area contributed by atoms with Crippen LogP contribution in [0.4, 0.5) is 0 Å². The van der Waals surface area contributed by atoms with Gasteiger partial charge in [0.2, 0.25) is 5.91 Å². The number of esters is 1. The van der Waals surface area contributed by atoms with Gasteiger partial charge in [0.15, 0.2) is 6.04 Å². The number of amides is 2. The number of morpholine rings is 1. The molecule has 0 spiro atoms. The first-order valence-electron chi connectivity index (χ1n) is 7.15. The van der Waals surface area contributed by atoms with Gasteiger partial charge in [0.25, 0.3) is 5.91 Å². The lowest BCUT2D eigenvalue weighted by Crippen LogP contribution is -2.60. The molecule has 0 radical (unpaired) electrons. The van der Waals surface area contributed by atoms with E-state index < -0.39 is 24.0 Å². The first kappa shape index (κ1) is 15.7. The highest BCUT2D eigenvalue weighted by Gasteiger charge is 2.39. The van der Waals surface area contributed by atoms with Crippen LogP contribution in [0.1, 0.15) is 19.8 Å². The number of carbonyl (C=O) groups excluding carboxylic acids is 3. The average Bonchev–Trinajstić information content (AvgIpc) is 3.29. The maximum Gasteiger partial charge on any atom is 0.332 e. The van der Waals surface area contributed by atoms with Crippen LogP contribution in [0.2, 0.25) is 0 Å². The molecule has 8 nitrogen and oxygen atoms in total. The van der Waals surface area contributed by atoms with Crippen molar-refractivity contribution in [3.63, 3.8) is 0 Å². The summed E-state index contributed by atoms with van der Waals surface area (Å²) < 4.78 is 10.0. The molecular weight excluding hydrogens is 278 g/mol. The van der Waals surface area contributed by atoms with E-state index >= 15 is 0 Å². The summed E-state index contributed by atoms with van der Waals surface area (Å²) in [4.78, 5) is 37.3. The fraction of sp³-hybridized carbons (Fsp3) is 0.769. The van der Waals surface area contributed by atoms with Crippen molar-refractivity contribution in [2.45, 2.75) is 37.9 Å². The van der Waals surface area contributed by atoms with Crippen LogP contribution in [-0.4, -0.2) is 67.2 Å². The van der Waals surface area contributed by atoms with Gasteiger partial charge in [-0.25, -0.2) is 4.79 Å². The van der Waals surface area contributed by atoms with E-state index in [1.807, 2.05) is 0 Å². The van der Waals surface area contributed by atoms with Crippen LogP contribution in [0.15, 0.2) is 0 Å². The minimum absolute atomic E-state index is 0.111. The van der Waals surface area contributed by atoms with Gasteiger partial charge in [-0.1, -0.05) is 0 Å². The van der Waals surface area contributed by atoms with Gasteiger partial charge in [-0.15, -0.1) is 0 Å². The number of nitrogens with two attached hydrogens (primary N) is 1. The average molecular weight is 299 g/mol. The van der Waals surface area contributed by atoms with E-state index in [2.05, 4.69) is 5.32 Å². The van der Waals surface area contributed by atoms with Gasteiger partial charge >= 0.3 is 5.97 Å². The molecule has 2 aliphatic rings. The van der Waals surface area contributed by atoms with Gasteiger partial charge in [-0.2, -0.15) is 0 Å². The monoisotopic (exact) mass is 299 g/mol. The summed E-state index contributed by atoms with van der Waals surface area (Å²) in [5, 5.41) is 2.83. The number of nitrogens with one attached hydrogen (secondary N) is 1. The highest BCUT2D eigenvalue weighted by molar-refractivity contribution is 6.03. The summed E-state index contributed by atoms with van der Waals surface area (Å²) in [6.07, 6.45) is 1.91. The zero-order valence-electron chi connectivity index (χ0n) is 12.0. The molecule has 0 aromatic heterocycles. The third kappa shape index (κ3) is 3.92. The van der Waals surface area contributed by atoms with E-state index in [0.29, 0.717) is 6.61 Å². The predicted octanol–water partition coefficient (Wildman–Crippen LogP) is -1.62. The fourth-order valence-electron chi connectivity index (χ4n) is 2.12. The van der Waals surface area contributed by atoms with Crippen LogP contribution in [0.5, 0.6) is 0 Å². The normalized spacial score (nSPS) is 23.3. The maximum atomic E-state index is 12.3. The highest BCUT2D eigenvalue weighted by Crippen LogP contribution is 2.20. The van der Waals surface area contributed by atoms with Gasteiger partial charge < -0.3 is 25.4 Å². The van der Waals surface area contributed by atoms with Gasteiger partial charge in [-0.3, -0.25) is 9.59 Å². The van der Waals surface area contributed by atoms with Crippen molar-refractivity contribution in [2.75, 3.05) is 26.4 Å². The zero-order chi connectivity index (χ0) is 15.4. The summed E-state index contributed by atoms with van der Waals surface area (Å²) in [7, 11) is 0. The molecule has 8 heteroatoms. The highest BCUT2D eigenvalue weighted by atomic mass is 16.5. The third-order valence-electron chi connectivity index (χ3n) is 3.44. The van der Waals surface area contributed by atoms with Crippen molar-refractivity contribution in [2.24, 2.45) is 5.73 Å². The standard InChI is InChI=1S/C13H21N3O5/c1-2-21-13(19)10(14)12(18)16-5-6-20-7-9(16)11(17)15-8-3-4-8/h8-10H,2-7,14H2,1H3,(H,15,17). The Morgan fingerprint density at radius 2 is 2.14 bits per heavy atom. The second kappa shape index (κ2) is 6.86. The lowest BCUT2D eigenvalue weighted by Gasteiger charge is -2.35. The first-order chi connectivity index (χ1) is 10.0. The van der Waals surface area contributed by atoms with Gasteiger partial charge in [-0.05, 0) is 19.8 Å². The molecule has 2 atom stereocenters. The Bertz CT molecular complexity index is 424. The number of carbonyl (C=O) groups is 3. The molecule has 2 fully saturated rings. The lowest BCUT2D eigenvalue weighted by atomic mass is 10.1. The molecule has 1 saturated carbocycles. The lowest BCUT2D eigenvalue weighted by molar-refractivity contribution is -0.157. The number of nitrogens with zero attached hydrogens (tertiary/aromatic N) is 1. The van der Waals surface area contributed by atoms with Crippen LogP contribution in [-0.2, 0) is 23.9 Å². The second-order valence-corrected chi connectivity index (χ2v) is 5.13. The molecule has 1 saturated heterocycles. The predicted molar refractivity (Wildman–Crippen MR) is 72.1 cm³/mol. The van der Waals surface area contributed by atoms with E-state index in [4.69, 9.17) is 15.2 Å². The number of hydrogen-bond acceptors (Lipinski definition) is 6. The third-order valence-corrected chi connectivity index (χ3v) is 3.44. The Balaban J connectivity index is 2.00. The van der Waals surface area contributed by atoms with Crippen molar-refractivity contribution in [3.8, 4) is 0 Å². The molecular formula is C13H21N3O5. The molecule has 2 amide bonds. The Labute approximate surface area is 122 Å². The summed E-state index contributed by atoms with van der Waals surface area (Å²) in [5.41, 5.74) is 5.62. The summed E-state index contributed by atoms with van der Waals surface area (Å²) in [6.45, 7) is 2.44. The Hall–Kier alpha value is -1.67. The molecule has 2 unspecified atom stereocenters. The molecule has 1 aliphatic carbocycles. The second-order valence-electron chi connectivity index (χ2n) is 5.13. The molecule has 2 rings (SSSR count). The van der Waals surface area contributed by atoms with Crippen LogP contribution < -0.4 is 11.1 Å². The van der Waals surface area contributed by atoms with Crippen molar-refractivity contribution in [3.05, 3.63) is 0 Å². The zero-order valence-corrected chi connectivity index (χ0v) is 12.0. The van der Waals surface area contributed by atoms with E-state index in [1.54, 1.807) is 6.92 Å². The molecule has 3 N–H and O–H groups in total. The Kier molecular flexibility index (Phi) is 5.13. The van der Waals surface area contributed by atoms with Crippen molar-refractivity contribution in [1.82, 2.24) is 10.2 Å². The molecule has 0 aromatic rings. The molecule has 1 aliphatic heterocycles. The van der Waals surface area contributed by atoms with E-state index in [-0.39, 0.29) is 31.7 Å². The number of hydrogen-bond donors (Lipinski definition) is 2. The quantitative estimate of drug-likeness (QED) is 0.466. The molecule has 0 bridgehead atoms. The molecule has 0 aromatic carbocycles. The van der Waals surface area contributed by atoms with Crippen molar-refractivity contribution < 1.29 is 23.9 Å². The van der Waals surface area contributed by atoms with E-state index in [0.717, 1.165) is 12.8 Å². The van der Waals surface area contributed by atoms with Crippen molar-refractivity contribution in [1.29, 1.82) is 0 Å². The fourth-order valence-corrected chi connectivity index (χ4v) is 2.12. The Morgan fingerprint density at radius 1 is 1.43 bits per heavy atom. The van der Waals surface area contributed by atoms with Crippen LogP contribution >= 0.6 is 0 Å². The summed E-state index contributed by atoms with van der Waals surface area (Å²) in [5.74, 6) is -1.65. The van der Waals surface area contributed by atoms with E-state index in [9.17, 15) is 14.4 Å². The molecule has 1 heterocycles. The smallest absolute Gasteiger partial charge is 0.332 e. The number of rotatable bonds is 5. The summed E-state index contributed by atoms with van der Waals surface area (Å²) in [6, 6.07) is -1.96. The largest absolute Gasteiger partial charge is 0.464 e. The Morgan fingerprint density at radius 3 is 2.76 bits per heavy atom. The molecule has 21 heavy (non-hydrogen) atoms. The summed E-state index contributed by atoms with van der Waals surface area (Å²) >= 11 is 0. The van der Waals surface area contributed by atoms with Gasteiger partial charge in [0.05, 0.1) is 19.8 Å². The first-order valence-corrected chi connectivity index (χ1v) is 7.15. The minimum atomic E-state index is -1.40. The SMILES string of the molecule is CCOC(=O)C(N)C(=O)N1CCOCC1C(=O)NC1CC1. The van der Waals surface area contributed by atoms with Gasteiger partial charge in [0, 0.05) is 12.6 Å². The van der Waals surface area contributed by atoms with Crippen LogP contribution in [0.3, 0.4) is 0 Å². The van der Waals surface area contributed by atoms with E-state index in [1.165, 1.54) is 4.90 Å². The van der Waals surface area contributed by atoms with Crippen LogP contribution in [0, 0.1) is 0 Å². The number of ether oxygens (including phenoxy) is 2. The van der Waals surface area contributed by atoms with Crippen LogP contribution in [0.25, 0.3) is 0 Å². The maximum absolute atomic E-state index is 12.3. The van der Waals surface area contributed by atoms with Gasteiger partial charge in [0.1, 0.15) is 6.04 Å². The van der Waals surface area contributed by atoms with Crippen molar-refractivity contribution >= 4 is 17.8 Å². The molecule has 118 valence electrons. The topological polar surface area (TPSA) is 111 Å².